The van der Waals surface area contributed by atoms with Crippen LogP contribution < -0.4 is 10.9 Å². The average molecular weight is 287 g/mol. The number of aromatic amines is 1. The molecule has 6 heteroatoms. The number of amides is 1. The molecule has 21 heavy (non-hydrogen) atoms. The molecule has 2 aromatic rings. The van der Waals surface area contributed by atoms with Crippen LogP contribution in [0.4, 0.5) is 0 Å². The second-order valence-corrected chi connectivity index (χ2v) is 5.38. The van der Waals surface area contributed by atoms with Gasteiger partial charge >= 0.3 is 0 Å². The van der Waals surface area contributed by atoms with Gasteiger partial charge in [-0.3, -0.25) is 9.59 Å². The van der Waals surface area contributed by atoms with Crippen molar-refractivity contribution in [2.45, 2.75) is 37.8 Å². The Hall–Kier alpha value is -2.21. The van der Waals surface area contributed by atoms with E-state index in [4.69, 9.17) is 0 Å². The van der Waals surface area contributed by atoms with Gasteiger partial charge in [0, 0.05) is 5.39 Å². The summed E-state index contributed by atoms with van der Waals surface area (Å²) < 4.78 is 0. The molecule has 1 aliphatic rings. The summed E-state index contributed by atoms with van der Waals surface area (Å²) >= 11 is 0. The van der Waals surface area contributed by atoms with Gasteiger partial charge in [-0.1, -0.05) is 31.0 Å². The van der Waals surface area contributed by atoms with Gasteiger partial charge in [0.05, 0.1) is 17.5 Å². The Morgan fingerprint density at radius 1 is 1.24 bits per heavy atom. The molecule has 110 valence electrons. The zero-order chi connectivity index (χ0) is 14.8. The minimum atomic E-state index is -0.517. The first-order valence-corrected chi connectivity index (χ1v) is 7.13. The monoisotopic (exact) mass is 287 g/mol. The molecule has 2 atom stereocenters. The first kappa shape index (κ1) is 13.8. The molecule has 0 bridgehead atoms. The minimum Gasteiger partial charge on any atom is -0.391 e. The van der Waals surface area contributed by atoms with Gasteiger partial charge in [0.1, 0.15) is 0 Å². The quantitative estimate of drug-likeness (QED) is 0.766. The van der Waals surface area contributed by atoms with Gasteiger partial charge in [-0.2, -0.15) is 5.10 Å². The summed E-state index contributed by atoms with van der Waals surface area (Å²) in [5.74, 6) is -0.367. The molecule has 3 N–H and O–H groups in total. The summed E-state index contributed by atoms with van der Waals surface area (Å²) in [7, 11) is 0. The highest BCUT2D eigenvalue weighted by atomic mass is 16.3. The Kier molecular flexibility index (Phi) is 3.70. The number of fused-ring (bicyclic) bond motifs is 1. The number of rotatable bonds is 2. The van der Waals surface area contributed by atoms with Crippen LogP contribution in [0.3, 0.4) is 0 Å². The Morgan fingerprint density at radius 2 is 1.95 bits per heavy atom. The average Bonchev–Trinajstić information content (AvgIpc) is 2.50. The lowest BCUT2D eigenvalue weighted by atomic mass is 9.92. The van der Waals surface area contributed by atoms with Crippen LogP contribution in [0.1, 0.15) is 36.2 Å². The Morgan fingerprint density at radius 3 is 2.71 bits per heavy atom. The summed E-state index contributed by atoms with van der Waals surface area (Å²) in [4.78, 5) is 24.1. The first-order chi connectivity index (χ1) is 10.2. The van der Waals surface area contributed by atoms with Crippen LogP contribution in [0.25, 0.3) is 10.8 Å². The number of hydrogen-bond donors (Lipinski definition) is 3. The number of nitrogens with one attached hydrogen (secondary N) is 2. The highest BCUT2D eigenvalue weighted by molar-refractivity contribution is 6.04. The highest BCUT2D eigenvalue weighted by Gasteiger charge is 2.26. The molecule has 1 amide bonds. The van der Waals surface area contributed by atoms with Crippen LogP contribution >= 0.6 is 0 Å². The SMILES string of the molecule is O=C(NC1CCCCC1O)c1n[nH]c(=O)c2ccccc12. The van der Waals surface area contributed by atoms with Crippen molar-refractivity contribution in [3.8, 4) is 0 Å². The van der Waals surface area contributed by atoms with E-state index in [0.29, 0.717) is 17.2 Å². The molecule has 0 saturated heterocycles. The molecule has 1 saturated carbocycles. The molecule has 2 unspecified atom stereocenters. The fourth-order valence-electron chi connectivity index (χ4n) is 2.80. The van der Waals surface area contributed by atoms with E-state index < -0.39 is 6.10 Å². The lowest BCUT2D eigenvalue weighted by molar-refractivity contribution is 0.0714. The van der Waals surface area contributed by atoms with Crippen LogP contribution in [0.15, 0.2) is 29.1 Å². The summed E-state index contributed by atoms with van der Waals surface area (Å²) in [5, 5.41) is 19.9. The predicted molar refractivity (Wildman–Crippen MR) is 78.1 cm³/mol. The van der Waals surface area contributed by atoms with Crippen LogP contribution in [0.2, 0.25) is 0 Å². The van der Waals surface area contributed by atoms with E-state index in [1.165, 1.54) is 0 Å². The maximum Gasteiger partial charge on any atom is 0.272 e. The van der Waals surface area contributed by atoms with Crippen molar-refractivity contribution < 1.29 is 9.90 Å². The maximum atomic E-state index is 12.4. The number of aliphatic hydroxyl groups is 1. The number of nitrogens with zero attached hydrogens (tertiary/aromatic N) is 1. The van der Waals surface area contributed by atoms with E-state index in [-0.39, 0.29) is 23.2 Å². The molecular weight excluding hydrogens is 270 g/mol. The topological polar surface area (TPSA) is 95.1 Å². The molecule has 0 radical (unpaired) electrons. The van der Waals surface area contributed by atoms with Gasteiger partial charge < -0.3 is 10.4 Å². The molecule has 0 aliphatic heterocycles. The van der Waals surface area contributed by atoms with Gasteiger partial charge in [-0.05, 0) is 18.9 Å². The van der Waals surface area contributed by atoms with E-state index in [9.17, 15) is 14.7 Å². The number of benzene rings is 1. The summed E-state index contributed by atoms with van der Waals surface area (Å²) in [6, 6.07) is 6.60. The van der Waals surface area contributed by atoms with Crippen LogP contribution in [0, 0.1) is 0 Å². The van der Waals surface area contributed by atoms with E-state index in [2.05, 4.69) is 15.5 Å². The Balaban J connectivity index is 1.91. The lowest BCUT2D eigenvalue weighted by Crippen LogP contribution is -2.45. The summed E-state index contributed by atoms with van der Waals surface area (Å²) in [5.41, 5.74) is -0.136. The van der Waals surface area contributed by atoms with E-state index in [0.717, 1.165) is 19.3 Å². The maximum absolute atomic E-state index is 12.4. The lowest BCUT2D eigenvalue weighted by Gasteiger charge is -2.28. The van der Waals surface area contributed by atoms with Crippen LogP contribution in [-0.4, -0.2) is 33.4 Å². The van der Waals surface area contributed by atoms with Crippen molar-refractivity contribution in [3.05, 3.63) is 40.3 Å². The zero-order valence-electron chi connectivity index (χ0n) is 11.5. The highest BCUT2D eigenvalue weighted by Crippen LogP contribution is 2.19. The fourth-order valence-corrected chi connectivity index (χ4v) is 2.80. The second kappa shape index (κ2) is 5.65. The zero-order valence-corrected chi connectivity index (χ0v) is 11.5. The number of hydrogen-bond acceptors (Lipinski definition) is 4. The van der Waals surface area contributed by atoms with E-state index in [1.807, 2.05) is 0 Å². The standard InChI is InChI=1S/C15H17N3O3/c19-12-8-4-3-7-11(12)16-15(21)13-9-5-1-2-6-10(9)14(20)18-17-13/h1-2,5-6,11-12,19H,3-4,7-8H2,(H,16,21)(H,18,20). The third-order valence-electron chi connectivity index (χ3n) is 3.96. The van der Waals surface area contributed by atoms with Crippen molar-refractivity contribution in [1.29, 1.82) is 0 Å². The van der Waals surface area contributed by atoms with Gasteiger partial charge in [-0.15, -0.1) is 0 Å². The number of H-pyrrole nitrogens is 1. The number of carbonyl (C=O) groups excluding carboxylic acids is 1. The van der Waals surface area contributed by atoms with E-state index in [1.54, 1.807) is 24.3 Å². The largest absolute Gasteiger partial charge is 0.391 e. The molecular formula is C15H17N3O3. The smallest absolute Gasteiger partial charge is 0.272 e. The van der Waals surface area contributed by atoms with Crippen molar-refractivity contribution in [2.75, 3.05) is 0 Å². The van der Waals surface area contributed by atoms with E-state index >= 15 is 0 Å². The van der Waals surface area contributed by atoms with Gasteiger partial charge in [0.15, 0.2) is 5.69 Å². The third-order valence-corrected chi connectivity index (χ3v) is 3.96. The van der Waals surface area contributed by atoms with Crippen molar-refractivity contribution >= 4 is 16.7 Å². The predicted octanol–water partition coefficient (Wildman–Crippen LogP) is 0.956. The van der Waals surface area contributed by atoms with Gasteiger partial charge in [-0.25, -0.2) is 5.10 Å². The minimum absolute atomic E-state index is 0.183. The number of aromatic nitrogens is 2. The molecule has 1 aliphatic carbocycles. The molecule has 6 nitrogen and oxygen atoms in total. The van der Waals surface area contributed by atoms with Gasteiger partial charge in [0.2, 0.25) is 0 Å². The normalized spacial score (nSPS) is 22.1. The Bertz CT molecular complexity index is 725. The molecule has 1 aromatic heterocycles. The summed E-state index contributed by atoms with van der Waals surface area (Å²) in [6.45, 7) is 0. The number of carbonyl (C=O) groups is 1. The number of aliphatic hydroxyl groups excluding tert-OH is 1. The molecule has 1 heterocycles. The molecule has 0 spiro atoms. The molecule has 1 fully saturated rings. The van der Waals surface area contributed by atoms with Crippen molar-refractivity contribution in [1.82, 2.24) is 15.5 Å². The molecule has 3 rings (SSSR count). The van der Waals surface area contributed by atoms with Crippen LogP contribution in [0.5, 0.6) is 0 Å². The van der Waals surface area contributed by atoms with Gasteiger partial charge in [0.25, 0.3) is 11.5 Å². The molecule has 1 aromatic carbocycles. The Labute approximate surface area is 121 Å². The summed E-state index contributed by atoms with van der Waals surface area (Å²) in [6.07, 6.45) is 2.91. The second-order valence-electron chi connectivity index (χ2n) is 5.38. The van der Waals surface area contributed by atoms with Crippen molar-refractivity contribution in [3.63, 3.8) is 0 Å². The fraction of sp³-hybridized carbons (Fsp3) is 0.400. The van der Waals surface area contributed by atoms with Crippen molar-refractivity contribution in [2.24, 2.45) is 0 Å². The first-order valence-electron chi connectivity index (χ1n) is 7.13. The third kappa shape index (κ3) is 2.67. The van der Waals surface area contributed by atoms with Crippen LogP contribution in [-0.2, 0) is 0 Å².